The highest BCUT2D eigenvalue weighted by Gasteiger charge is 2.12. The van der Waals surface area contributed by atoms with Gasteiger partial charge in [-0.25, -0.2) is 4.79 Å². The molecule has 0 spiro atoms. The number of hydrogen-bond acceptors (Lipinski definition) is 2. The maximum absolute atomic E-state index is 11.9. The van der Waals surface area contributed by atoms with Crippen LogP contribution in [0.5, 0.6) is 0 Å². The van der Waals surface area contributed by atoms with E-state index >= 15 is 0 Å². The average molecular weight is 286 g/mol. The van der Waals surface area contributed by atoms with Crippen LogP contribution in [0.4, 0.5) is 10.5 Å². The fraction of sp³-hybridized carbons (Fsp3) is 0.333. The summed E-state index contributed by atoms with van der Waals surface area (Å²) in [6.45, 7) is 5.09. The SMILES string of the molecule is CCN(CC)C(=O)Nc1cc(C(N)=S)ccc1Cl. The van der Waals surface area contributed by atoms with Crippen LogP contribution >= 0.6 is 23.8 Å². The van der Waals surface area contributed by atoms with Crippen molar-refractivity contribution in [1.29, 1.82) is 0 Å². The van der Waals surface area contributed by atoms with Gasteiger partial charge in [0.2, 0.25) is 0 Å². The van der Waals surface area contributed by atoms with Crippen molar-refractivity contribution >= 4 is 40.5 Å². The Morgan fingerprint density at radius 1 is 1.44 bits per heavy atom. The van der Waals surface area contributed by atoms with Gasteiger partial charge in [0.15, 0.2) is 0 Å². The number of halogens is 1. The van der Waals surface area contributed by atoms with Crippen LogP contribution in [0.1, 0.15) is 19.4 Å². The van der Waals surface area contributed by atoms with Gasteiger partial charge in [-0.15, -0.1) is 0 Å². The first kappa shape index (κ1) is 14.7. The molecule has 1 aromatic rings. The fourth-order valence-electron chi connectivity index (χ4n) is 1.48. The first-order chi connectivity index (χ1) is 8.49. The Hall–Kier alpha value is -1.33. The predicted molar refractivity (Wildman–Crippen MR) is 79.3 cm³/mol. The Bertz CT molecular complexity index is 461. The highest BCUT2D eigenvalue weighted by atomic mass is 35.5. The molecule has 4 nitrogen and oxygen atoms in total. The van der Waals surface area contributed by atoms with Crippen molar-refractivity contribution in [2.45, 2.75) is 13.8 Å². The lowest BCUT2D eigenvalue weighted by molar-refractivity contribution is 0.217. The zero-order valence-electron chi connectivity index (χ0n) is 10.4. The minimum atomic E-state index is -0.193. The molecule has 2 amide bonds. The molecule has 0 saturated heterocycles. The lowest BCUT2D eigenvalue weighted by Gasteiger charge is -2.19. The molecular weight excluding hydrogens is 270 g/mol. The van der Waals surface area contributed by atoms with E-state index in [1.807, 2.05) is 13.8 Å². The lowest BCUT2D eigenvalue weighted by atomic mass is 10.2. The maximum Gasteiger partial charge on any atom is 0.321 e. The van der Waals surface area contributed by atoms with Crippen molar-refractivity contribution in [2.75, 3.05) is 18.4 Å². The zero-order chi connectivity index (χ0) is 13.7. The van der Waals surface area contributed by atoms with Crippen LogP contribution in [0.2, 0.25) is 5.02 Å². The molecule has 0 bridgehead atoms. The van der Waals surface area contributed by atoms with Crippen molar-refractivity contribution in [3.63, 3.8) is 0 Å². The van der Waals surface area contributed by atoms with Crippen LogP contribution < -0.4 is 11.1 Å². The van der Waals surface area contributed by atoms with Gasteiger partial charge >= 0.3 is 6.03 Å². The molecule has 0 fully saturated rings. The molecule has 18 heavy (non-hydrogen) atoms. The molecule has 0 radical (unpaired) electrons. The summed E-state index contributed by atoms with van der Waals surface area (Å²) in [5, 5.41) is 3.20. The molecule has 0 saturated carbocycles. The smallest absolute Gasteiger partial charge is 0.321 e. The van der Waals surface area contributed by atoms with Crippen LogP contribution in [0.25, 0.3) is 0 Å². The second-order valence-electron chi connectivity index (χ2n) is 3.66. The molecular formula is C12H16ClN3OS. The van der Waals surface area contributed by atoms with Gasteiger partial charge in [-0.3, -0.25) is 0 Å². The highest BCUT2D eigenvalue weighted by molar-refractivity contribution is 7.80. The normalized spacial score (nSPS) is 9.94. The van der Waals surface area contributed by atoms with Gasteiger partial charge in [0.25, 0.3) is 0 Å². The Balaban J connectivity index is 2.93. The highest BCUT2D eigenvalue weighted by Crippen LogP contribution is 2.23. The molecule has 1 rings (SSSR count). The van der Waals surface area contributed by atoms with Gasteiger partial charge in [-0.1, -0.05) is 29.9 Å². The molecule has 0 aliphatic carbocycles. The van der Waals surface area contributed by atoms with Gasteiger partial charge in [0, 0.05) is 18.7 Å². The van der Waals surface area contributed by atoms with E-state index in [0.717, 1.165) is 0 Å². The monoisotopic (exact) mass is 285 g/mol. The van der Waals surface area contributed by atoms with Crippen LogP contribution in [-0.2, 0) is 0 Å². The van der Waals surface area contributed by atoms with Gasteiger partial charge in [0.1, 0.15) is 4.99 Å². The van der Waals surface area contributed by atoms with Crippen LogP contribution in [0.15, 0.2) is 18.2 Å². The lowest BCUT2D eigenvalue weighted by Crippen LogP contribution is -2.34. The summed E-state index contributed by atoms with van der Waals surface area (Å²) >= 11 is 10.9. The summed E-state index contributed by atoms with van der Waals surface area (Å²) in [4.78, 5) is 13.8. The quantitative estimate of drug-likeness (QED) is 0.837. The first-order valence-electron chi connectivity index (χ1n) is 5.64. The van der Waals surface area contributed by atoms with E-state index in [1.165, 1.54) is 0 Å². The van der Waals surface area contributed by atoms with Crippen LogP contribution in [-0.4, -0.2) is 29.0 Å². The molecule has 0 heterocycles. The molecule has 98 valence electrons. The third-order valence-electron chi connectivity index (χ3n) is 2.54. The molecule has 0 atom stereocenters. The minimum absolute atomic E-state index is 0.193. The topological polar surface area (TPSA) is 58.4 Å². The largest absolute Gasteiger partial charge is 0.389 e. The Morgan fingerprint density at radius 2 is 2.06 bits per heavy atom. The van der Waals surface area contributed by atoms with E-state index in [2.05, 4.69) is 5.32 Å². The first-order valence-corrected chi connectivity index (χ1v) is 6.43. The number of rotatable bonds is 4. The number of carbonyl (C=O) groups is 1. The number of benzene rings is 1. The number of nitrogens with zero attached hydrogens (tertiary/aromatic N) is 1. The van der Waals surface area contributed by atoms with Crippen LogP contribution in [0.3, 0.4) is 0 Å². The Morgan fingerprint density at radius 3 is 2.56 bits per heavy atom. The number of amides is 2. The number of urea groups is 1. The third-order valence-corrected chi connectivity index (χ3v) is 3.11. The predicted octanol–water partition coefficient (Wildman–Crippen LogP) is 2.85. The van der Waals surface area contributed by atoms with Crippen LogP contribution in [0, 0.1) is 0 Å². The maximum atomic E-state index is 11.9. The summed E-state index contributed by atoms with van der Waals surface area (Å²) in [7, 11) is 0. The molecule has 6 heteroatoms. The molecule has 3 N–H and O–H groups in total. The zero-order valence-corrected chi connectivity index (χ0v) is 11.9. The standard InChI is InChI=1S/C12H16ClN3OS/c1-3-16(4-2)12(17)15-10-7-8(11(14)18)5-6-9(10)13/h5-7H,3-4H2,1-2H3,(H2,14,18)(H,15,17). The van der Waals surface area contributed by atoms with Crippen molar-refractivity contribution < 1.29 is 4.79 Å². The number of nitrogens with one attached hydrogen (secondary N) is 1. The second kappa shape index (κ2) is 6.56. The Kier molecular flexibility index (Phi) is 5.37. The Labute approximate surface area is 117 Å². The fourth-order valence-corrected chi connectivity index (χ4v) is 1.77. The summed E-state index contributed by atoms with van der Waals surface area (Å²) in [5.74, 6) is 0. The van der Waals surface area contributed by atoms with Crippen molar-refractivity contribution in [2.24, 2.45) is 5.73 Å². The van der Waals surface area contributed by atoms with E-state index in [-0.39, 0.29) is 11.0 Å². The van der Waals surface area contributed by atoms with E-state index in [4.69, 9.17) is 29.6 Å². The number of hydrogen-bond donors (Lipinski definition) is 2. The van der Waals surface area contributed by atoms with E-state index in [1.54, 1.807) is 23.1 Å². The third kappa shape index (κ3) is 3.58. The number of carbonyl (C=O) groups excluding carboxylic acids is 1. The van der Waals surface area contributed by atoms with E-state index in [0.29, 0.717) is 29.4 Å². The number of thiocarbonyl (C=S) groups is 1. The number of nitrogens with two attached hydrogens (primary N) is 1. The molecule has 0 unspecified atom stereocenters. The van der Waals surface area contributed by atoms with Gasteiger partial charge in [-0.2, -0.15) is 0 Å². The summed E-state index contributed by atoms with van der Waals surface area (Å²) in [5.41, 5.74) is 6.72. The van der Waals surface area contributed by atoms with Crippen molar-refractivity contribution in [3.8, 4) is 0 Å². The molecule has 0 aromatic heterocycles. The molecule has 0 aliphatic heterocycles. The van der Waals surface area contributed by atoms with Crippen molar-refractivity contribution in [1.82, 2.24) is 4.90 Å². The van der Waals surface area contributed by atoms with Gasteiger partial charge < -0.3 is 16.0 Å². The summed E-state index contributed by atoms with van der Waals surface area (Å²) in [6.07, 6.45) is 0. The average Bonchev–Trinajstić information content (AvgIpc) is 2.33. The van der Waals surface area contributed by atoms with Gasteiger partial charge in [-0.05, 0) is 26.0 Å². The molecule has 0 aliphatic rings. The second-order valence-corrected chi connectivity index (χ2v) is 4.51. The van der Waals surface area contributed by atoms with E-state index in [9.17, 15) is 4.79 Å². The number of anilines is 1. The minimum Gasteiger partial charge on any atom is -0.389 e. The van der Waals surface area contributed by atoms with Crippen molar-refractivity contribution in [3.05, 3.63) is 28.8 Å². The van der Waals surface area contributed by atoms with E-state index < -0.39 is 0 Å². The molecule has 1 aromatic carbocycles. The summed E-state index contributed by atoms with van der Waals surface area (Å²) < 4.78 is 0. The van der Waals surface area contributed by atoms with Gasteiger partial charge in [0.05, 0.1) is 10.7 Å². The summed E-state index contributed by atoms with van der Waals surface area (Å²) in [6, 6.07) is 4.86.